The molecule has 0 atom stereocenters. The first kappa shape index (κ1) is 11.0. The van der Waals surface area contributed by atoms with E-state index in [9.17, 15) is 5.11 Å². The van der Waals surface area contributed by atoms with Crippen molar-refractivity contribution >= 4 is 0 Å². The van der Waals surface area contributed by atoms with Gasteiger partial charge in [0.2, 0.25) is 11.7 Å². The van der Waals surface area contributed by atoms with E-state index in [1.807, 2.05) is 6.07 Å². The second-order valence-corrected chi connectivity index (χ2v) is 3.23. The molecule has 0 saturated heterocycles. The van der Waals surface area contributed by atoms with Crippen molar-refractivity contribution in [1.29, 1.82) is 5.26 Å². The standard InChI is InChI=1S/C11H9N3O3/c1-16-9-6-7(2-3-8(9)15)11-13-10(4-5-12)17-14-11/h2-3,6,15H,4H2,1H3. The fourth-order valence-electron chi connectivity index (χ4n) is 1.33. The van der Waals surface area contributed by atoms with E-state index in [2.05, 4.69) is 10.1 Å². The summed E-state index contributed by atoms with van der Waals surface area (Å²) >= 11 is 0. The highest BCUT2D eigenvalue weighted by Gasteiger charge is 2.10. The SMILES string of the molecule is COc1cc(-c2noc(CC#N)n2)ccc1O. The summed E-state index contributed by atoms with van der Waals surface area (Å²) in [5.41, 5.74) is 0.646. The third-order valence-corrected chi connectivity index (χ3v) is 2.14. The minimum absolute atomic E-state index is 0.0389. The fraction of sp³-hybridized carbons (Fsp3) is 0.182. The molecule has 0 aliphatic rings. The Morgan fingerprint density at radius 1 is 1.53 bits per heavy atom. The Bertz CT molecular complexity index is 572. The van der Waals surface area contributed by atoms with Crippen LogP contribution in [0.5, 0.6) is 11.5 Å². The van der Waals surface area contributed by atoms with Crippen LogP contribution in [0.3, 0.4) is 0 Å². The van der Waals surface area contributed by atoms with Crippen LogP contribution in [0.1, 0.15) is 5.89 Å². The predicted molar refractivity (Wildman–Crippen MR) is 57.3 cm³/mol. The van der Waals surface area contributed by atoms with Crippen molar-refractivity contribution in [2.24, 2.45) is 0 Å². The van der Waals surface area contributed by atoms with Crippen LogP contribution in [0.15, 0.2) is 22.7 Å². The molecule has 6 nitrogen and oxygen atoms in total. The normalized spacial score (nSPS) is 9.88. The number of rotatable bonds is 3. The Morgan fingerprint density at radius 3 is 3.06 bits per heavy atom. The van der Waals surface area contributed by atoms with Gasteiger partial charge in [-0.15, -0.1) is 0 Å². The third-order valence-electron chi connectivity index (χ3n) is 2.14. The van der Waals surface area contributed by atoms with Gasteiger partial charge in [-0.2, -0.15) is 10.2 Å². The van der Waals surface area contributed by atoms with Crippen LogP contribution >= 0.6 is 0 Å². The molecular formula is C11H9N3O3. The molecule has 1 aromatic heterocycles. The molecule has 17 heavy (non-hydrogen) atoms. The van der Waals surface area contributed by atoms with Crippen molar-refractivity contribution in [2.75, 3.05) is 7.11 Å². The van der Waals surface area contributed by atoms with Gasteiger partial charge >= 0.3 is 0 Å². The quantitative estimate of drug-likeness (QED) is 0.860. The zero-order chi connectivity index (χ0) is 12.3. The summed E-state index contributed by atoms with van der Waals surface area (Å²) in [5.74, 6) is 0.981. The van der Waals surface area contributed by atoms with Crippen LogP contribution in [0.4, 0.5) is 0 Å². The van der Waals surface area contributed by atoms with Crippen molar-refractivity contribution in [1.82, 2.24) is 10.1 Å². The van der Waals surface area contributed by atoms with E-state index in [4.69, 9.17) is 14.5 Å². The van der Waals surface area contributed by atoms with Crippen LogP contribution in [0, 0.1) is 11.3 Å². The van der Waals surface area contributed by atoms with Crippen LogP contribution in [-0.2, 0) is 6.42 Å². The second kappa shape index (κ2) is 4.53. The number of aromatic nitrogens is 2. The van der Waals surface area contributed by atoms with Gasteiger partial charge in [0.1, 0.15) is 6.42 Å². The number of nitrogens with zero attached hydrogens (tertiary/aromatic N) is 3. The number of nitriles is 1. The van der Waals surface area contributed by atoms with E-state index in [-0.39, 0.29) is 18.1 Å². The van der Waals surface area contributed by atoms with Crippen LogP contribution in [0.2, 0.25) is 0 Å². The Hall–Kier alpha value is -2.55. The largest absolute Gasteiger partial charge is 0.504 e. The molecule has 0 aliphatic heterocycles. The summed E-state index contributed by atoms with van der Waals surface area (Å²) in [5, 5.41) is 21.7. The van der Waals surface area contributed by atoms with Gasteiger partial charge in [-0.1, -0.05) is 5.16 Å². The molecule has 86 valence electrons. The lowest BCUT2D eigenvalue weighted by atomic mass is 10.2. The van der Waals surface area contributed by atoms with E-state index in [0.717, 1.165) is 0 Å². The molecule has 0 spiro atoms. The number of hydrogen-bond donors (Lipinski definition) is 1. The maximum atomic E-state index is 9.44. The molecule has 6 heteroatoms. The summed E-state index contributed by atoms with van der Waals surface area (Å²) in [4.78, 5) is 4.04. The number of aromatic hydroxyl groups is 1. The fourth-order valence-corrected chi connectivity index (χ4v) is 1.33. The monoisotopic (exact) mass is 231 g/mol. The molecule has 0 bridgehead atoms. The average molecular weight is 231 g/mol. The lowest BCUT2D eigenvalue weighted by molar-refractivity contribution is 0.373. The number of ether oxygens (including phenoxy) is 1. The van der Waals surface area contributed by atoms with Gasteiger partial charge in [-0.05, 0) is 18.2 Å². The molecule has 1 heterocycles. The Balaban J connectivity index is 2.36. The lowest BCUT2D eigenvalue weighted by Gasteiger charge is -2.03. The van der Waals surface area contributed by atoms with Gasteiger partial charge in [-0.25, -0.2) is 0 Å². The molecule has 0 radical (unpaired) electrons. The van der Waals surface area contributed by atoms with E-state index < -0.39 is 0 Å². The lowest BCUT2D eigenvalue weighted by Crippen LogP contribution is -1.87. The first-order valence-corrected chi connectivity index (χ1v) is 4.81. The van der Waals surface area contributed by atoms with Gasteiger partial charge in [0, 0.05) is 5.56 Å². The van der Waals surface area contributed by atoms with Crippen molar-refractivity contribution in [3.8, 4) is 29.0 Å². The molecule has 0 unspecified atom stereocenters. The highest BCUT2D eigenvalue weighted by Crippen LogP contribution is 2.30. The minimum Gasteiger partial charge on any atom is -0.504 e. The van der Waals surface area contributed by atoms with E-state index in [0.29, 0.717) is 17.1 Å². The highest BCUT2D eigenvalue weighted by atomic mass is 16.5. The van der Waals surface area contributed by atoms with Gasteiger partial charge in [0.25, 0.3) is 0 Å². The zero-order valence-electron chi connectivity index (χ0n) is 9.04. The minimum atomic E-state index is 0.0389. The zero-order valence-corrected chi connectivity index (χ0v) is 9.04. The maximum Gasteiger partial charge on any atom is 0.241 e. The Morgan fingerprint density at radius 2 is 2.35 bits per heavy atom. The molecule has 2 aromatic rings. The van der Waals surface area contributed by atoms with Crippen molar-refractivity contribution in [2.45, 2.75) is 6.42 Å². The van der Waals surface area contributed by atoms with E-state index in [1.165, 1.54) is 13.2 Å². The van der Waals surface area contributed by atoms with Crippen LogP contribution in [-0.4, -0.2) is 22.4 Å². The van der Waals surface area contributed by atoms with Gasteiger partial charge in [0.15, 0.2) is 11.5 Å². The molecule has 0 amide bonds. The molecule has 0 aliphatic carbocycles. The molecule has 2 rings (SSSR count). The first-order chi connectivity index (χ1) is 8.24. The number of phenolic OH excluding ortho intramolecular Hbond substituents is 1. The van der Waals surface area contributed by atoms with Crippen LogP contribution in [0.25, 0.3) is 11.4 Å². The smallest absolute Gasteiger partial charge is 0.241 e. The molecule has 1 aromatic carbocycles. The van der Waals surface area contributed by atoms with E-state index >= 15 is 0 Å². The summed E-state index contributed by atoms with van der Waals surface area (Å²) in [6.07, 6.45) is 0.0716. The molecular weight excluding hydrogens is 222 g/mol. The Kier molecular flexibility index (Phi) is 2.92. The third kappa shape index (κ3) is 2.18. The van der Waals surface area contributed by atoms with E-state index in [1.54, 1.807) is 12.1 Å². The highest BCUT2D eigenvalue weighted by molar-refractivity contribution is 5.60. The van der Waals surface area contributed by atoms with Gasteiger partial charge < -0.3 is 14.4 Å². The summed E-state index contributed by atoms with van der Waals surface area (Å²) < 4.78 is 9.85. The number of hydrogen-bond acceptors (Lipinski definition) is 6. The average Bonchev–Trinajstić information content (AvgIpc) is 2.79. The topological polar surface area (TPSA) is 92.2 Å². The first-order valence-electron chi connectivity index (χ1n) is 4.81. The summed E-state index contributed by atoms with van der Waals surface area (Å²) in [6.45, 7) is 0. The number of benzene rings is 1. The molecule has 0 saturated carbocycles. The summed E-state index contributed by atoms with van der Waals surface area (Å²) in [7, 11) is 1.45. The maximum absolute atomic E-state index is 9.44. The predicted octanol–water partition coefficient (Wildman–Crippen LogP) is 1.52. The van der Waals surface area contributed by atoms with Crippen molar-refractivity contribution in [3.63, 3.8) is 0 Å². The molecule has 1 N–H and O–H groups in total. The number of phenols is 1. The second-order valence-electron chi connectivity index (χ2n) is 3.23. The van der Waals surface area contributed by atoms with Gasteiger partial charge in [-0.3, -0.25) is 0 Å². The summed E-state index contributed by atoms with van der Waals surface area (Å²) in [6, 6.07) is 6.63. The van der Waals surface area contributed by atoms with Crippen molar-refractivity contribution < 1.29 is 14.4 Å². The van der Waals surface area contributed by atoms with Crippen molar-refractivity contribution in [3.05, 3.63) is 24.1 Å². The Labute approximate surface area is 97.1 Å². The van der Waals surface area contributed by atoms with Crippen LogP contribution < -0.4 is 4.74 Å². The number of methoxy groups -OCH3 is 1. The van der Waals surface area contributed by atoms with Gasteiger partial charge in [0.05, 0.1) is 13.2 Å². The molecule has 0 fully saturated rings.